The first-order valence-electron chi connectivity index (χ1n) is 9.22. The Morgan fingerprint density at radius 3 is 2.27 bits per heavy atom. The summed E-state index contributed by atoms with van der Waals surface area (Å²) in [4.78, 5) is 40.5. The first-order chi connectivity index (χ1) is 14.3. The van der Waals surface area contributed by atoms with Crippen LogP contribution in [0.25, 0.3) is 0 Å². The fraction of sp³-hybridized carbons (Fsp3) is 0.300. The highest BCUT2D eigenvalue weighted by Gasteiger charge is 2.30. The molecule has 1 amide bonds. The van der Waals surface area contributed by atoms with Gasteiger partial charge in [-0.25, -0.2) is 0 Å². The van der Waals surface area contributed by atoms with Gasteiger partial charge in [-0.3, -0.25) is 23.9 Å². The average molecular weight is 430 g/mol. The molecule has 0 saturated carbocycles. The summed E-state index contributed by atoms with van der Waals surface area (Å²) in [6.07, 6.45) is 0. The molecule has 1 unspecified atom stereocenters. The predicted molar refractivity (Wildman–Crippen MR) is 109 cm³/mol. The minimum absolute atomic E-state index is 0.0150. The number of nitrogens with zero attached hydrogens (tertiary/aromatic N) is 3. The molecule has 0 aliphatic carbocycles. The molecule has 0 N–H and O–H groups in total. The van der Waals surface area contributed by atoms with Crippen LogP contribution in [0.15, 0.2) is 42.5 Å². The lowest BCUT2D eigenvalue weighted by Gasteiger charge is -2.32. The predicted octanol–water partition coefficient (Wildman–Crippen LogP) is 1.59. The number of carbonyl (C=O) groups excluding carboxylic acids is 2. The second-order valence-corrected chi connectivity index (χ2v) is 7.92. The number of piperazine rings is 1. The van der Waals surface area contributed by atoms with Gasteiger partial charge in [-0.1, -0.05) is 41.4 Å². The molecule has 3 rings (SSSR count). The van der Waals surface area contributed by atoms with Crippen LogP contribution in [0.5, 0.6) is 0 Å². The lowest BCUT2D eigenvalue weighted by Crippen LogP contribution is -2.47. The van der Waals surface area contributed by atoms with E-state index in [2.05, 4.69) is 0 Å². The van der Waals surface area contributed by atoms with Crippen molar-refractivity contribution >= 4 is 28.5 Å². The minimum atomic E-state index is -2.57. The second kappa shape index (κ2) is 9.24. The highest BCUT2D eigenvalue weighted by Crippen LogP contribution is 2.28. The van der Waals surface area contributed by atoms with Crippen molar-refractivity contribution < 1.29 is 23.3 Å². The molecule has 2 aromatic rings. The van der Waals surface area contributed by atoms with Crippen molar-refractivity contribution in [3.05, 3.63) is 74.8 Å². The molecule has 0 radical (unpaired) electrons. The van der Waals surface area contributed by atoms with Crippen LogP contribution in [0.1, 0.15) is 31.8 Å². The summed E-state index contributed by atoms with van der Waals surface area (Å²) in [5.41, 5.74) is -0.483. The maximum atomic E-state index is 13.0. The third kappa shape index (κ3) is 4.78. The van der Waals surface area contributed by atoms with E-state index >= 15 is 0 Å². The number of ketones is 1. The number of nitro benzene ring substituents is 1. The SMILES string of the molecule is CN1CCN(C(=O)c2cc(C(=O)c3ccccc3)c(CS(=O)[O-])cc2[N+](=O)[O-])CC1. The fourth-order valence-electron chi connectivity index (χ4n) is 3.34. The fourth-order valence-corrected chi connectivity index (χ4v) is 3.83. The lowest BCUT2D eigenvalue weighted by molar-refractivity contribution is -0.385. The van der Waals surface area contributed by atoms with E-state index in [-0.39, 0.29) is 16.7 Å². The number of likely N-dealkylation sites (N-methyl/N-ethyl adjacent to an activating group) is 1. The van der Waals surface area contributed by atoms with Gasteiger partial charge in [0.05, 0.1) is 4.92 Å². The summed E-state index contributed by atoms with van der Waals surface area (Å²) in [5.74, 6) is -1.62. The Morgan fingerprint density at radius 2 is 1.70 bits per heavy atom. The van der Waals surface area contributed by atoms with Gasteiger partial charge in [0, 0.05) is 49.1 Å². The first kappa shape index (κ1) is 21.8. The van der Waals surface area contributed by atoms with Gasteiger partial charge in [0.1, 0.15) is 5.56 Å². The molecule has 1 fully saturated rings. The van der Waals surface area contributed by atoms with Gasteiger partial charge in [0.2, 0.25) is 0 Å². The van der Waals surface area contributed by atoms with E-state index in [1.165, 1.54) is 4.90 Å². The molecule has 10 heteroatoms. The van der Waals surface area contributed by atoms with E-state index in [1.807, 2.05) is 11.9 Å². The van der Waals surface area contributed by atoms with E-state index in [0.29, 0.717) is 31.7 Å². The lowest BCUT2D eigenvalue weighted by atomic mass is 9.95. The standard InChI is InChI=1S/C20H21N3O6S/c1-21-7-9-22(10-8-21)20(25)17-12-16(19(24)14-5-3-2-4-6-14)15(13-30(28)29)11-18(17)23(26)27/h2-6,11-12H,7-10,13H2,1H3,(H,28,29)/p-1. The van der Waals surface area contributed by atoms with Crippen LogP contribution < -0.4 is 0 Å². The normalized spacial score (nSPS) is 15.6. The zero-order chi connectivity index (χ0) is 21.8. The molecule has 0 aromatic heterocycles. The molecule has 158 valence electrons. The highest BCUT2D eigenvalue weighted by molar-refractivity contribution is 7.78. The Labute approximate surface area is 175 Å². The van der Waals surface area contributed by atoms with Crippen LogP contribution in [0.2, 0.25) is 0 Å². The van der Waals surface area contributed by atoms with Gasteiger partial charge in [0.15, 0.2) is 5.78 Å². The molecule has 2 aromatic carbocycles. The number of carbonyl (C=O) groups is 2. The van der Waals surface area contributed by atoms with Gasteiger partial charge >= 0.3 is 0 Å². The van der Waals surface area contributed by atoms with Gasteiger partial charge < -0.3 is 14.4 Å². The quantitative estimate of drug-likeness (QED) is 0.295. The van der Waals surface area contributed by atoms with E-state index in [1.54, 1.807) is 30.3 Å². The van der Waals surface area contributed by atoms with E-state index in [9.17, 15) is 28.5 Å². The van der Waals surface area contributed by atoms with Crippen molar-refractivity contribution in [1.82, 2.24) is 9.80 Å². The Bertz CT molecular complexity index is 1000. The maximum absolute atomic E-state index is 13.0. The topological polar surface area (TPSA) is 124 Å². The molecule has 1 atom stereocenters. The van der Waals surface area contributed by atoms with Crippen molar-refractivity contribution in [2.45, 2.75) is 5.75 Å². The van der Waals surface area contributed by atoms with Crippen molar-refractivity contribution in [3.8, 4) is 0 Å². The highest BCUT2D eigenvalue weighted by atomic mass is 32.2. The summed E-state index contributed by atoms with van der Waals surface area (Å²) in [7, 11) is 1.92. The zero-order valence-electron chi connectivity index (χ0n) is 16.3. The second-order valence-electron chi connectivity index (χ2n) is 7.02. The molecule has 1 saturated heterocycles. The van der Waals surface area contributed by atoms with Gasteiger partial charge in [-0.15, -0.1) is 0 Å². The summed E-state index contributed by atoms with van der Waals surface area (Å²) in [5, 5.41) is 11.6. The molecular weight excluding hydrogens is 410 g/mol. The van der Waals surface area contributed by atoms with Crippen molar-refractivity contribution in [3.63, 3.8) is 0 Å². The van der Waals surface area contributed by atoms with Gasteiger partial charge in [0.25, 0.3) is 11.6 Å². The largest absolute Gasteiger partial charge is 0.772 e. The zero-order valence-corrected chi connectivity index (χ0v) is 17.1. The summed E-state index contributed by atoms with van der Waals surface area (Å²) >= 11 is -2.57. The molecular formula is C20H20N3O6S-. The Kier molecular flexibility index (Phi) is 6.70. The van der Waals surface area contributed by atoms with Gasteiger partial charge in [-0.2, -0.15) is 0 Å². The van der Waals surface area contributed by atoms with Crippen LogP contribution in [0.4, 0.5) is 5.69 Å². The molecule has 30 heavy (non-hydrogen) atoms. The van der Waals surface area contributed by atoms with Gasteiger partial charge in [-0.05, 0) is 18.7 Å². The smallest absolute Gasteiger partial charge is 0.282 e. The summed E-state index contributed by atoms with van der Waals surface area (Å²) in [6, 6.07) is 10.3. The summed E-state index contributed by atoms with van der Waals surface area (Å²) in [6.45, 7) is 2.06. The molecule has 1 aliphatic heterocycles. The molecule has 0 spiro atoms. The Balaban J connectivity index is 2.11. The number of benzene rings is 2. The third-order valence-electron chi connectivity index (χ3n) is 4.99. The molecule has 1 aliphatic rings. The molecule has 0 bridgehead atoms. The van der Waals surface area contributed by atoms with Crippen molar-refractivity contribution in [2.75, 3.05) is 33.2 Å². The number of amides is 1. The number of hydrogen-bond acceptors (Lipinski definition) is 7. The average Bonchev–Trinajstić information content (AvgIpc) is 2.73. The Hall–Kier alpha value is -2.95. The summed E-state index contributed by atoms with van der Waals surface area (Å²) < 4.78 is 22.6. The molecule has 9 nitrogen and oxygen atoms in total. The monoisotopic (exact) mass is 430 g/mol. The van der Waals surface area contributed by atoms with Crippen LogP contribution in [0.3, 0.4) is 0 Å². The maximum Gasteiger partial charge on any atom is 0.282 e. The minimum Gasteiger partial charge on any atom is -0.772 e. The number of nitro groups is 1. The number of hydrogen-bond donors (Lipinski definition) is 0. The van der Waals surface area contributed by atoms with Crippen LogP contribution in [-0.2, 0) is 16.8 Å². The van der Waals surface area contributed by atoms with Crippen LogP contribution in [0, 0.1) is 10.1 Å². The van der Waals surface area contributed by atoms with E-state index in [4.69, 9.17) is 0 Å². The number of rotatable bonds is 6. The first-order valence-corrected chi connectivity index (χ1v) is 10.5. The van der Waals surface area contributed by atoms with E-state index in [0.717, 1.165) is 12.1 Å². The Morgan fingerprint density at radius 1 is 1.07 bits per heavy atom. The van der Waals surface area contributed by atoms with Crippen LogP contribution >= 0.6 is 0 Å². The van der Waals surface area contributed by atoms with Crippen LogP contribution in [-0.4, -0.2) is 68.4 Å². The van der Waals surface area contributed by atoms with Crippen molar-refractivity contribution in [2.24, 2.45) is 0 Å². The third-order valence-corrected chi connectivity index (χ3v) is 5.54. The van der Waals surface area contributed by atoms with Crippen molar-refractivity contribution in [1.29, 1.82) is 0 Å². The van der Waals surface area contributed by atoms with E-state index < -0.39 is 39.1 Å². The molecule has 1 heterocycles.